The first-order chi connectivity index (χ1) is 11.2. The standard InChI is InChI=1S/C16H18N4O3/c1-23-15-6-5-13(10-19-8-7-17-11-19)18-16(15)12-3-2-4-14(9-12)20(21)22/h2-6,9,17H,7-8,10-11H2,1H3. The van der Waals surface area contributed by atoms with Crippen molar-refractivity contribution in [1.29, 1.82) is 0 Å². The number of ether oxygens (including phenoxy) is 1. The van der Waals surface area contributed by atoms with Gasteiger partial charge in [-0.15, -0.1) is 0 Å². The molecule has 0 amide bonds. The van der Waals surface area contributed by atoms with Gasteiger partial charge in [0, 0.05) is 44.0 Å². The van der Waals surface area contributed by atoms with Gasteiger partial charge in [0.05, 0.1) is 17.7 Å². The van der Waals surface area contributed by atoms with Gasteiger partial charge >= 0.3 is 0 Å². The second-order valence-electron chi connectivity index (χ2n) is 5.37. The Morgan fingerprint density at radius 1 is 1.39 bits per heavy atom. The zero-order chi connectivity index (χ0) is 16.2. The lowest BCUT2D eigenvalue weighted by molar-refractivity contribution is -0.384. The van der Waals surface area contributed by atoms with Crippen LogP contribution < -0.4 is 10.1 Å². The fraction of sp³-hybridized carbons (Fsp3) is 0.312. The molecule has 0 saturated carbocycles. The van der Waals surface area contributed by atoms with E-state index in [0.29, 0.717) is 17.0 Å². The number of methoxy groups -OCH3 is 1. The molecule has 2 heterocycles. The number of nitro groups is 1. The van der Waals surface area contributed by atoms with Crippen LogP contribution in [0.2, 0.25) is 0 Å². The normalized spacial score (nSPS) is 14.8. The van der Waals surface area contributed by atoms with Crippen LogP contribution >= 0.6 is 0 Å². The van der Waals surface area contributed by atoms with Crippen LogP contribution in [0, 0.1) is 10.1 Å². The molecule has 0 spiro atoms. The van der Waals surface area contributed by atoms with Gasteiger partial charge in [-0.2, -0.15) is 0 Å². The van der Waals surface area contributed by atoms with E-state index < -0.39 is 4.92 Å². The molecule has 1 fully saturated rings. The Labute approximate surface area is 134 Å². The third kappa shape index (κ3) is 3.46. The molecule has 1 aromatic carbocycles. The molecule has 120 valence electrons. The largest absolute Gasteiger partial charge is 0.494 e. The summed E-state index contributed by atoms with van der Waals surface area (Å²) in [5, 5.41) is 14.3. The zero-order valence-corrected chi connectivity index (χ0v) is 12.9. The summed E-state index contributed by atoms with van der Waals surface area (Å²) in [7, 11) is 1.57. The number of hydrogen-bond acceptors (Lipinski definition) is 6. The molecule has 7 heteroatoms. The van der Waals surface area contributed by atoms with E-state index in [4.69, 9.17) is 4.74 Å². The molecule has 1 saturated heterocycles. The first-order valence-corrected chi connectivity index (χ1v) is 7.39. The summed E-state index contributed by atoms with van der Waals surface area (Å²) in [6, 6.07) is 10.2. The number of hydrogen-bond donors (Lipinski definition) is 1. The first kappa shape index (κ1) is 15.4. The molecule has 0 bridgehead atoms. The molecule has 0 radical (unpaired) electrons. The molecular formula is C16H18N4O3. The number of pyridine rings is 1. The van der Waals surface area contributed by atoms with Gasteiger partial charge in [-0.3, -0.25) is 15.0 Å². The predicted molar refractivity (Wildman–Crippen MR) is 86.2 cm³/mol. The maximum Gasteiger partial charge on any atom is 0.270 e. The highest BCUT2D eigenvalue weighted by atomic mass is 16.6. The van der Waals surface area contributed by atoms with E-state index >= 15 is 0 Å². The monoisotopic (exact) mass is 314 g/mol. The molecule has 0 atom stereocenters. The van der Waals surface area contributed by atoms with Crippen molar-refractivity contribution in [3.05, 3.63) is 52.2 Å². The summed E-state index contributed by atoms with van der Waals surface area (Å²) < 4.78 is 5.37. The molecule has 2 aromatic rings. The van der Waals surface area contributed by atoms with Crippen molar-refractivity contribution in [2.45, 2.75) is 6.54 Å². The van der Waals surface area contributed by atoms with Crippen LogP contribution in [0.5, 0.6) is 5.75 Å². The summed E-state index contributed by atoms with van der Waals surface area (Å²) in [5.74, 6) is 0.605. The number of rotatable bonds is 5. The van der Waals surface area contributed by atoms with Crippen molar-refractivity contribution in [3.63, 3.8) is 0 Å². The fourth-order valence-electron chi connectivity index (χ4n) is 2.63. The van der Waals surface area contributed by atoms with E-state index in [2.05, 4.69) is 15.2 Å². The van der Waals surface area contributed by atoms with Crippen LogP contribution in [0.25, 0.3) is 11.3 Å². The average Bonchev–Trinajstić information content (AvgIpc) is 3.08. The van der Waals surface area contributed by atoms with Crippen molar-refractivity contribution in [2.75, 3.05) is 26.9 Å². The van der Waals surface area contributed by atoms with Gasteiger partial charge in [0.25, 0.3) is 5.69 Å². The maximum absolute atomic E-state index is 11.0. The van der Waals surface area contributed by atoms with E-state index in [1.807, 2.05) is 12.1 Å². The number of aromatic nitrogens is 1. The van der Waals surface area contributed by atoms with Crippen LogP contribution in [0.4, 0.5) is 5.69 Å². The quantitative estimate of drug-likeness (QED) is 0.672. The minimum Gasteiger partial charge on any atom is -0.494 e. The SMILES string of the molecule is COc1ccc(CN2CCNC2)nc1-c1cccc([N+](=O)[O-])c1. The molecule has 1 aliphatic rings. The van der Waals surface area contributed by atoms with Gasteiger partial charge in [-0.05, 0) is 12.1 Å². The molecule has 0 aliphatic carbocycles. The third-order valence-corrected chi connectivity index (χ3v) is 3.79. The Balaban J connectivity index is 1.95. The number of nitrogens with zero attached hydrogens (tertiary/aromatic N) is 3. The third-order valence-electron chi connectivity index (χ3n) is 3.79. The Hall–Kier alpha value is -2.51. The van der Waals surface area contributed by atoms with E-state index in [9.17, 15) is 10.1 Å². The lowest BCUT2D eigenvalue weighted by atomic mass is 10.1. The molecule has 0 unspecified atom stereocenters. The fourth-order valence-corrected chi connectivity index (χ4v) is 2.63. The highest BCUT2D eigenvalue weighted by Gasteiger charge is 2.16. The average molecular weight is 314 g/mol. The lowest BCUT2D eigenvalue weighted by Gasteiger charge is -2.15. The summed E-state index contributed by atoms with van der Waals surface area (Å²) in [4.78, 5) is 17.5. The molecule has 7 nitrogen and oxygen atoms in total. The Bertz CT molecular complexity index is 714. The second-order valence-corrected chi connectivity index (χ2v) is 5.37. The number of benzene rings is 1. The number of nitrogens with one attached hydrogen (secondary N) is 1. The molecular weight excluding hydrogens is 296 g/mol. The van der Waals surface area contributed by atoms with E-state index in [0.717, 1.165) is 32.0 Å². The maximum atomic E-state index is 11.0. The predicted octanol–water partition coefficient (Wildman–Crippen LogP) is 2.03. The molecule has 23 heavy (non-hydrogen) atoms. The van der Waals surface area contributed by atoms with Crippen molar-refractivity contribution in [1.82, 2.24) is 15.2 Å². The molecule has 1 aliphatic heterocycles. The van der Waals surface area contributed by atoms with E-state index in [1.165, 1.54) is 12.1 Å². The van der Waals surface area contributed by atoms with Crippen molar-refractivity contribution >= 4 is 5.69 Å². The van der Waals surface area contributed by atoms with E-state index in [1.54, 1.807) is 19.2 Å². The Morgan fingerprint density at radius 2 is 2.26 bits per heavy atom. The summed E-state index contributed by atoms with van der Waals surface area (Å²) in [6.07, 6.45) is 0. The molecule has 1 N–H and O–H groups in total. The van der Waals surface area contributed by atoms with Crippen molar-refractivity contribution < 1.29 is 9.66 Å². The van der Waals surface area contributed by atoms with Crippen LogP contribution in [0.1, 0.15) is 5.69 Å². The number of non-ortho nitro benzene ring substituents is 1. The van der Waals surface area contributed by atoms with Crippen LogP contribution in [-0.4, -0.2) is 41.7 Å². The van der Waals surface area contributed by atoms with Crippen LogP contribution in [-0.2, 0) is 6.54 Å². The minimum atomic E-state index is -0.407. The smallest absolute Gasteiger partial charge is 0.270 e. The summed E-state index contributed by atoms with van der Waals surface area (Å²) >= 11 is 0. The van der Waals surface area contributed by atoms with Gasteiger partial charge in [0.2, 0.25) is 0 Å². The molecule has 1 aromatic heterocycles. The van der Waals surface area contributed by atoms with Crippen LogP contribution in [0.3, 0.4) is 0 Å². The van der Waals surface area contributed by atoms with E-state index in [-0.39, 0.29) is 5.69 Å². The second kappa shape index (κ2) is 6.72. The zero-order valence-electron chi connectivity index (χ0n) is 12.9. The van der Waals surface area contributed by atoms with Gasteiger partial charge in [-0.1, -0.05) is 12.1 Å². The summed E-state index contributed by atoms with van der Waals surface area (Å²) in [5.41, 5.74) is 2.26. The van der Waals surface area contributed by atoms with Crippen molar-refractivity contribution in [2.24, 2.45) is 0 Å². The highest BCUT2D eigenvalue weighted by Crippen LogP contribution is 2.30. The van der Waals surface area contributed by atoms with Crippen molar-refractivity contribution in [3.8, 4) is 17.0 Å². The summed E-state index contributed by atoms with van der Waals surface area (Å²) in [6.45, 7) is 3.55. The first-order valence-electron chi connectivity index (χ1n) is 7.39. The highest BCUT2D eigenvalue weighted by molar-refractivity contribution is 5.68. The Kier molecular flexibility index (Phi) is 4.50. The van der Waals surface area contributed by atoms with Gasteiger partial charge in [0.1, 0.15) is 11.4 Å². The molecule has 3 rings (SSSR count). The minimum absolute atomic E-state index is 0.0421. The number of nitro benzene ring substituents is 1. The Morgan fingerprint density at radius 3 is 2.96 bits per heavy atom. The van der Waals surface area contributed by atoms with Gasteiger partial charge in [-0.25, -0.2) is 4.98 Å². The van der Waals surface area contributed by atoms with Gasteiger partial charge in [0.15, 0.2) is 0 Å². The van der Waals surface area contributed by atoms with Crippen LogP contribution in [0.15, 0.2) is 36.4 Å². The topological polar surface area (TPSA) is 80.5 Å². The van der Waals surface area contributed by atoms with Gasteiger partial charge < -0.3 is 10.1 Å². The lowest BCUT2D eigenvalue weighted by Crippen LogP contribution is -2.22.